The molecule has 11 heteroatoms. The van der Waals surface area contributed by atoms with E-state index in [0.717, 1.165) is 65.0 Å². The minimum Gasteiger partial charge on any atom is -0.390 e. The Kier molecular flexibility index (Phi) is 12.2. The van der Waals surface area contributed by atoms with Crippen molar-refractivity contribution in [3.05, 3.63) is 0 Å². The molecule has 0 spiro atoms. The van der Waals surface area contributed by atoms with E-state index in [1.54, 1.807) is 0 Å². The van der Waals surface area contributed by atoms with Crippen molar-refractivity contribution in [2.24, 2.45) is 17.8 Å². The highest BCUT2D eigenvalue weighted by molar-refractivity contribution is 5.78. The summed E-state index contributed by atoms with van der Waals surface area (Å²) in [7, 11) is 0. The number of nitrogens with one attached hydrogen (secondary N) is 5. The third-order valence-electron chi connectivity index (χ3n) is 11.5. The van der Waals surface area contributed by atoms with E-state index in [0.29, 0.717) is 56.5 Å². The lowest BCUT2D eigenvalue weighted by molar-refractivity contribution is -0.128. The third-order valence-corrected chi connectivity index (χ3v) is 11.5. The zero-order chi connectivity index (χ0) is 30.3. The highest BCUT2D eigenvalue weighted by Gasteiger charge is 2.38. The highest BCUT2D eigenvalue weighted by Crippen LogP contribution is 2.37. The van der Waals surface area contributed by atoms with Gasteiger partial charge in [-0.15, -0.1) is 0 Å². The molecule has 1 aliphatic carbocycles. The third kappa shape index (κ3) is 9.13. The summed E-state index contributed by atoms with van der Waals surface area (Å²) in [5, 5.41) is 28.6. The number of aliphatic hydroxyl groups is 1. The molecule has 10 atom stereocenters. The average Bonchev–Trinajstić information content (AvgIpc) is 3.47. The Morgan fingerprint density at radius 3 is 2.73 bits per heavy atom. The van der Waals surface area contributed by atoms with Gasteiger partial charge in [-0.3, -0.25) is 25.6 Å². The predicted octanol–water partition coefficient (Wildman–Crippen LogP) is 0.784. The van der Waals surface area contributed by atoms with Crippen LogP contribution in [0.15, 0.2) is 0 Å². The largest absolute Gasteiger partial charge is 0.390 e. The molecule has 44 heavy (non-hydrogen) atoms. The molecule has 5 heterocycles. The maximum Gasteiger partial charge on any atom is 0.223 e. The first-order valence-electron chi connectivity index (χ1n) is 18.1. The molecule has 6 N–H and O–H groups in total. The number of amides is 1. The van der Waals surface area contributed by atoms with Gasteiger partial charge in [0, 0.05) is 44.2 Å². The molecule has 1 saturated carbocycles. The number of carbonyl (C=O) groups excluding carboxylic acids is 1. The van der Waals surface area contributed by atoms with Crippen molar-refractivity contribution in [2.45, 2.75) is 120 Å². The second-order valence-electron chi connectivity index (χ2n) is 14.8. The standard InChI is InChI=1S/C33H61N7O4/c1-23-30(44-22-36-23)21-43-29-8-7-25-19-39(13-9-24(25)14-29)20-28(41)18-35-33(42)26-15-31(37-27-6-5-10-34-17-27)38-32(16-26)40-11-3-2-4-12-40/h23-32,34,36-38,41H,2-22H2,1H3,(H,35,42)/t23?,24?,25?,26?,27?,28-,29?,30?,31?,32?/m0/s1. The molecule has 0 aromatic rings. The Hall–Kier alpha value is -0.890. The number of β-amino-alcohol motifs (C(OH)–C–C–N with tert-alkyl or cyclic N) is 1. The number of fused-ring (bicyclic) bond motifs is 1. The van der Waals surface area contributed by atoms with Crippen molar-refractivity contribution in [3.8, 4) is 0 Å². The number of aliphatic hydroxyl groups excluding tert-OH is 1. The number of rotatable bonds is 11. The number of piperidine rings is 4. The minimum atomic E-state index is -0.543. The fraction of sp³-hybridized carbons (Fsp3) is 0.970. The van der Waals surface area contributed by atoms with E-state index in [9.17, 15) is 9.90 Å². The van der Waals surface area contributed by atoms with Gasteiger partial charge in [0.1, 0.15) is 0 Å². The molecule has 0 aromatic carbocycles. The van der Waals surface area contributed by atoms with Gasteiger partial charge in [-0.1, -0.05) is 6.42 Å². The van der Waals surface area contributed by atoms with Crippen LogP contribution in [0.2, 0.25) is 0 Å². The molecule has 5 aliphatic heterocycles. The van der Waals surface area contributed by atoms with Gasteiger partial charge in [-0.25, -0.2) is 0 Å². The fourth-order valence-electron chi connectivity index (χ4n) is 8.79. The smallest absolute Gasteiger partial charge is 0.223 e. The minimum absolute atomic E-state index is 0.0442. The van der Waals surface area contributed by atoms with E-state index in [4.69, 9.17) is 9.47 Å². The molecule has 11 nitrogen and oxygen atoms in total. The van der Waals surface area contributed by atoms with Crippen molar-refractivity contribution < 1.29 is 19.4 Å². The first-order chi connectivity index (χ1) is 21.5. The topological polar surface area (TPSA) is 122 Å². The van der Waals surface area contributed by atoms with E-state index in [2.05, 4.69) is 43.3 Å². The van der Waals surface area contributed by atoms with Crippen molar-refractivity contribution in [1.29, 1.82) is 0 Å². The summed E-state index contributed by atoms with van der Waals surface area (Å²) in [5.41, 5.74) is 0. The van der Waals surface area contributed by atoms with E-state index >= 15 is 0 Å². The lowest BCUT2D eigenvalue weighted by Gasteiger charge is -2.44. The average molecular weight is 620 g/mol. The van der Waals surface area contributed by atoms with Crippen molar-refractivity contribution in [1.82, 2.24) is 36.4 Å². The van der Waals surface area contributed by atoms with Gasteiger partial charge in [0.2, 0.25) is 5.91 Å². The summed E-state index contributed by atoms with van der Waals surface area (Å²) in [6.07, 6.45) is 12.8. The van der Waals surface area contributed by atoms with Crippen LogP contribution >= 0.6 is 0 Å². The molecule has 9 unspecified atom stereocenters. The summed E-state index contributed by atoms with van der Waals surface area (Å²) < 4.78 is 12.0. The molecule has 1 amide bonds. The molecule has 252 valence electrons. The zero-order valence-electron chi connectivity index (χ0n) is 27.2. The number of ether oxygens (including phenoxy) is 2. The van der Waals surface area contributed by atoms with E-state index in [1.807, 2.05) is 0 Å². The fourth-order valence-corrected chi connectivity index (χ4v) is 8.79. The molecule has 0 radical (unpaired) electrons. The lowest BCUT2D eigenvalue weighted by atomic mass is 9.74. The van der Waals surface area contributed by atoms with E-state index < -0.39 is 6.10 Å². The van der Waals surface area contributed by atoms with Crippen LogP contribution in [0.5, 0.6) is 0 Å². The Morgan fingerprint density at radius 1 is 1.05 bits per heavy atom. The summed E-state index contributed by atoms with van der Waals surface area (Å²) >= 11 is 0. The number of hydrogen-bond acceptors (Lipinski definition) is 10. The maximum atomic E-state index is 13.5. The van der Waals surface area contributed by atoms with Crippen molar-refractivity contribution in [3.63, 3.8) is 0 Å². The number of nitrogens with zero attached hydrogens (tertiary/aromatic N) is 2. The second-order valence-corrected chi connectivity index (χ2v) is 14.8. The van der Waals surface area contributed by atoms with Crippen LogP contribution in [-0.2, 0) is 14.3 Å². The van der Waals surface area contributed by atoms with Gasteiger partial charge < -0.3 is 30.1 Å². The van der Waals surface area contributed by atoms with Crippen LogP contribution in [0.1, 0.15) is 77.6 Å². The van der Waals surface area contributed by atoms with Gasteiger partial charge in [-0.2, -0.15) is 0 Å². The maximum absolute atomic E-state index is 13.5. The normalized spacial score (nSPS) is 39.9. The van der Waals surface area contributed by atoms with E-state index in [1.165, 1.54) is 44.9 Å². The summed E-state index contributed by atoms with van der Waals surface area (Å²) in [6.45, 7) is 10.8. The Labute approximate surface area is 265 Å². The first kappa shape index (κ1) is 33.0. The molecular formula is C33H61N7O4. The lowest BCUT2D eigenvalue weighted by Crippen LogP contribution is -2.63. The van der Waals surface area contributed by atoms with E-state index in [-0.39, 0.29) is 30.3 Å². The molecule has 6 fully saturated rings. The summed E-state index contributed by atoms with van der Waals surface area (Å²) in [4.78, 5) is 18.5. The quantitative estimate of drug-likeness (QED) is 0.198. The van der Waals surface area contributed by atoms with Gasteiger partial charge in [0.15, 0.2) is 0 Å². The van der Waals surface area contributed by atoms with Crippen molar-refractivity contribution in [2.75, 3.05) is 65.7 Å². The molecule has 5 saturated heterocycles. The molecule has 0 aromatic heterocycles. The van der Waals surface area contributed by atoms with Crippen LogP contribution in [-0.4, -0.2) is 129 Å². The predicted molar refractivity (Wildman–Crippen MR) is 171 cm³/mol. The Balaban J connectivity index is 0.924. The van der Waals surface area contributed by atoms with Gasteiger partial charge >= 0.3 is 0 Å². The monoisotopic (exact) mass is 619 g/mol. The highest BCUT2D eigenvalue weighted by atomic mass is 16.5. The van der Waals surface area contributed by atoms with Crippen LogP contribution < -0.4 is 26.6 Å². The molecule has 6 rings (SSSR count). The SMILES string of the molecule is CC1NCOC1COC1CCC2CN(C[C@@H](O)CNC(=O)C3CC(NC4CCCNC4)NC(N4CCCCC4)C3)CCC2C1. The molecular weight excluding hydrogens is 558 g/mol. The molecule has 0 bridgehead atoms. The number of carbonyl (C=O) groups is 1. The Morgan fingerprint density at radius 2 is 1.93 bits per heavy atom. The van der Waals surface area contributed by atoms with Crippen LogP contribution in [0.3, 0.4) is 0 Å². The Bertz CT molecular complexity index is 888. The zero-order valence-corrected chi connectivity index (χ0v) is 27.2. The first-order valence-corrected chi connectivity index (χ1v) is 18.1. The second kappa shape index (κ2) is 16.3. The van der Waals surface area contributed by atoms with Crippen LogP contribution in [0.25, 0.3) is 0 Å². The molecule has 6 aliphatic rings. The number of likely N-dealkylation sites (tertiary alicyclic amines) is 2. The summed E-state index contributed by atoms with van der Waals surface area (Å²) in [5.74, 6) is 1.45. The van der Waals surface area contributed by atoms with Gasteiger partial charge in [-0.05, 0) is 109 Å². The van der Waals surface area contributed by atoms with Crippen LogP contribution in [0.4, 0.5) is 0 Å². The van der Waals surface area contributed by atoms with Crippen molar-refractivity contribution >= 4 is 5.91 Å². The van der Waals surface area contributed by atoms with Gasteiger partial charge in [0.25, 0.3) is 0 Å². The number of hydrogen-bond donors (Lipinski definition) is 6. The van der Waals surface area contributed by atoms with Crippen LogP contribution in [0, 0.1) is 17.8 Å². The summed E-state index contributed by atoms with van der Waals surface area (Å²) in [6, 6.07) is 0.811. The van der Waals surface area contributed by atoms with Gasteiger partial charge in [0.05, 0.1) is 44.0 Å².